The summed E-state index contributed by atoms with van der Waals surface area (Å²) in [5, 5.41) is 14.8. The third-order valence-corrected chi connectivity index (χ3v) is 5.41. The van der Waals surface area contributed by atoms with Gasteiger partial charge >= 0.3 is 11.9 Å². The topological polar surface area (TPSA) is 109 Å². The second kappa shape index (κ2) is 9.36. The average molecular weight is 479 g/mol. The van der Waals surface area contributed by atoms with Gasteiger partial charge in [0.2, 0.25) is 0 Å². The summed E-state index contributed by atoms with van der Waals surface area (Å²) >= 11 is 6.13. The van der Waals surface area contributed by atoms with Crippen LogP contribution >= 0.6 is 11.6 Å². The Kier molecular flexibility index (Phi) is 6.34. The third kappa shape index (κ3) is 4.49. The van der Waals surface area contributed by atoms with Crippen molar-refractivity contribution in [1.82, 2.24) is 0 Å². The first kappa shape index (κ1) is 23.0. The van der Waals surface area contributed by atoms with Gasteiger partial charge in [0.1, 0.15) is 11.5 Å². The Morgan fingerprint density at radius 2 is 1.88 bits per heavy atom. The van der Waals surface area contributed by atoms with Gasteiger partial charge in [-0.1, -0.05) is 11.6 Å². The van der Waals surface area contributed by atoms with E-state index < -0.39 is 11.9 Å². The van der Waals surface area contributed by atoms with Crippen LogP contribution in [0.4, 0.5) is 5.69 Å². The van der Waals surface area contributed by atoms with Crippen LogP contribution in [0.15, 0.2) is 69.7 Å². The minimum Gasteiger partial charge on any atom is -0.478 e. The summed E-state index contributed by atoms with van der Waals surface area (Å²) in [6.07, 6.45) is 1.58. The molecular weight excluding hydrogens is 460 g/mol. The molecule has 0 spiro atoms. The number of furan rings is 1. The maximum absolute atomic E-state index is 13.0. The van der Waals surface area contributed by atoms with E-state index in [1.165, 1.54) is 29.3 Å². The van der Waals surface area contributed by atoms with Crippen molar-refractivity contribution in [3.63, 3.8) is 0 Å². The number of anilines is 1. The van der Waals surface area contributed by atoms with Crippen molar-refractivity contribution in [2.75, 3.05) is 11.6 Å². The second-order valence-corrected chi connectivity index (χ2v) is 7.74. The van der Waals surface area contributed by atoms with E-state index in [9.17, 15) is 14.4 Å². The molecule has 9 heteroatoms. The largest absolute Gasteiger partial charge is 0.478 e. The van der Waals surface area contributed by atoms with Gasteiger partial charge in [0.25, 0.3) is 5.91 Å². The smallest absolute Gasteiger partial charge is 0.339 e. The van der Waals surface area contributed by atoms with Crippen molar-refractivity contribution in [2.45, 2.75) is 13.8 Å². The molecule has 4 rings (SSSR count). The number of carbonyl (C=O) groups is 3. The Morgan fingerprint density at radius 3 is 2.56 bits per heavy atom. The third-order valence-electron chi connectivity index (χ3n) is 5.08. The van der Waals surface area contributed by atoms with Crippen LogP contribution in [0.1, 0.15) is 40.3 Å². The van der Waals surface area contributed by atoms with Gasteiger partial charge < -0.3 is 14.3 Å². The number of halogens is 1. The van der Waals surface area contributed by atoms with Crippen molar-refractivity contribution in [1.29, 1.82) is 0 Å². The lowest BCUT2D eigenvalue weighted by Gasteiger charge is -2.11. The number of hydrazone groups is 1. The van der Waals surface area contributed by atoms with E-state index in [2.05, 4.69) is 5.10 Å². The van der Waals surface area contributed by atoms with Crippen LogP contribution in [0.25, 0.3) is 17.4 Å². The quantitative estimate of drug-likeness (QED) is 0.381. The van der Waals surface area contributed by atoms with Gasteiger partial charge in [-0.2, -0.15) is 10.1 Å². The molecule has 0 saturated carbocycles. The molecule has 0 saturated heterocycles. The van der Waals surface area contributed by atoms with E-state index in [0.29, 0.717) is 34.1 Å². The highest BCUT2D eigenvalue weighted by Gasteiger charge is 2.29. The molecule has 2 heterocycles. The number of ether oxygens (including phenoxy) is 1. The molecule has 2 aromatic carbocycles. The number of carbonyl (C=O) groups excluding carboxylic acids is 2. The van der Waals surface area contributed by atoms with Crippen molar-refractivity contribution < 1.29 is 28.6 Å². The molecule has 1 aromatic heterocycles. The first-order chi connectivity index (χ1) is 16.3. The molecule has 1 N–H and O–H groups in total. The highest BCUT2D eigenvalue weighted by Crippen LogP contribution is 2.30. The van der Waals surface area contributed by atoms with Gasteiger partial charge in [-0.15, -0.1) is 0 Å². The molecule has 0 atom stereocenters. The summed E-state index contributed by atoms with van der Waals surface area (Å²) in [4.78, 5) is 36.1. The first-order valence-electron chi connectivity index (χ1n) is 10.3. The summed E-state index contributed by atoms with van der Waals surface area (Å²) in [5.74, 6) is -1.04. The number of carboxylic acid groups (broad SMARTS) is 1. The fraction of sp³-hybridized carbons (Fsp3) is 0.120. The van der Waals surface area contributed by atoms with Crippen LogP contribution in [0.3, 0.4) is 0 Å². The number of hydrogen-bond acceptors (Lipinski definition) is 6. The van der Waals surface area contributed by atoms with Crippen LogP contribution in [0.5, 0.6) is 0 Å². The van der Waals surface area contributed by atoms with Crippen LogP contribution in [-0.4, -0.2) is 35.3 Å². The van der Waals surface area contributed by atoms with Crippen LogP contribution in [0, 0.1) is 0 Å². The van der Waals surface area contributed by atoms with E-state index in [1.54, 1.807) is 50.3 Å². The number of nitrogens with zero attached hydrogens (tertiary/aromatic N) is 2. The molecule has 0 fully saturated rings. The maximum Gasteiger partial charge on any atom is 0.339 e. The summed E-state index contributed by atoms with van der Waals surface area (Å²) in [7, 11) is 0. The second-order valence-electron chi connectivity index (χ2n) is 7.33. The van der Waals surface area contributed by atoms with Crippen molar-refractivity contribution in [3.8, 4) is 11.3 Å². The molecule has 1 amide bonds. The molecule has 172 valence electrons. The molecule has 3 aromatic rings. The Morgan fingerprint density at radius 1 is 1.15 bits per heavy atom. The van der Waals surface area contributed by atoms with E-state index in [1.807, 2.05) is 0 Å². The number of esters is 1. The molecule has 8 nitrogen and oxygen atoms in total. The standard InChI is InChI=1S/C25H19ClN2O6/c1-3-33-25(32)20-12-16(6-10-21(20)26)22-11-9-18(34-22)13-19-14(2)27-28(23(19)29)17-7-4-15(5-8-17)24(30)31/h4-13H,3H2,1-2H3,(H,30,31)/b19-13+. The summed E-state index contributed by atoms with van der Waals surface area (Å²) in [6, 6.07) is 14.2. The van der Waals surface area contributed by atoms with Gasteiger partial charge in [0, 0.05) is 5.56 Å². The zero-order chi connectivity index (χ0) is 24.4. The van der Waals surface area contributed by atoms with Crippen molar-refractivity contribution in [3.05, 3.63) is 82.1 Å². The van der Waals surface area contributed by atoms with E-state index in [0.717, 1.165) is 0 Å². The number of amides is 1. The number of benzene rings is 2. The van der Waals surface area contributed by atoms with E-state index in [-0.39, 0.29) is 28.7 Å². The number of rotatable bonds is 6. The lowest BCUT2D eigenvalue weighted by Crippen LogP contribution is -2.21. The van der Waals surface area contributed by atoms with Crippen molar-refractivity contribution in [2.24, 2.45) is 5.10 Å². The Balaban J connectivity index is 1.58. The summed E-state index contributed by atoms with van der Waals surface area (Å²) in [5.41, 5.74) is 2.25. The normalized spacial score (nSPS) is 14.4. The van der Waals surface area contributed by atoms with Crippen LogP contribution < -0.4 is 5.01 Å². The van der Waals surface area contributed by atoms with Gasteiger partial charge in [0.05, 0.1) is 39.7 Å². The molecule has 0 radical (unpaired) electrons. The highest BCUT2D eigenvalue weighted by molar-refractivity contribution is 6.33. The van der Waals surface area contributed by atoms with Gasteiger partial charge in [-0.05, 0) is 74.5 Å². The van der Waals surface area contributed by atoms with Gasteiger partial charge in [-0.25, -0.2) is 9.59 Å². The minimum absolute atomic E-state index is 0.114. The Hall–Kier alpha value is -4.17. The fourth-order valence-corrected chi connectivity index (χ4v) is 3.57. The Labute approximate surface area is 199 Å². The van der Waals surface area contributed by atoms with Crippen LogP contribution in [-0.2, 0) is 9.53 Å². The first-order valence-corrected chi connectivity index (χ1v) is 10.7. The van der Waals surface area contributed by atoms with Crippen LogP contribution in [0.2, 0.25) is 5.02 Å². The van der Waals surface area contributed by atoms with E-state index >= 15 is 0 Å². The van der Waals surface area contributed by atoms with Gasteiger partial charge in [-0.3, -0.25) is 4.79 Å². The van der Waals surface area contributed by atoms with E-state index in [4.69, 9.17) is 25.9 Å². The zero-order valence-electron chi connectivity index (χ0n) is 18.2. The zero-order valence-corrected chi connectivity index (χ0v) is 19.0. The molecule has 0 aliphatic carbocycles. The maximum atomic E-state index is 13.0. The average Bonchev–Trinajstić information content (AvgIpc) is 3.40. The van der Waals surface area contributed by atoms with Gasteiger partial charge in [0.15, 0.2) is 0 Å². The predicted octanol–water partition coefficient (Wildman–Crippen LogP) is 5.28. The predicted molar refractivity (Wildman–Crippen MR) is 127 cm³/mol. The number of hydrogen-bond donors (Lipinski definition) is 1. The Bertz CT molecular complexity index is 1350. The lowest BCUT2D eigenvalue weighted by molar-refractivity contribution is -0.114. The molecule has 34 heavy (non-hydrogen) atoms. The lowest BCUT2D eigenvalue weighted by atomic mass is 10.1. The molecule has 1 aliphatic rings. The fourth-order valence-electron chi connectivity index (χ4n) is 3.38. The molecule has 0 unspecified atom stereocenters. The molecular formula is C25H19ClN2O6. The number of aromatic carboxylic acids is 1. The SMILES string of the molecule is CCOC(=O)c1cc(-c2ccc(/C=C3/C(=O)N(c4ccc(C(=O)O)cc4)N=C3C)o2)ccc1Cl. The molecule has 0 bridgehead atoms. The molecule has 1 aliphatic heterocycles. The monoisotopic (exact) mass is 478 g/mol. The summed E-state index contributed by atoms with van der Waals surface area (Å²) < 4.78 is 10.9. The number of carboxylic acids is 1. The highest BCUT2D eigenvalue weighted by atomic mass is 35.5. The minimum atomic E-state index is -1.05. The summed E-state index contributed by atoms with van der Waals surface area (Å²) in [6.45, 7) is 3.64. The van der Waals surface area contributed by atoms with Crippen molar-refractivity contribution >= 4 is 46.9 Å².